The summed E-state index contributed by atoms with van der Waals surface area (Å²) in [5.74, 6) is 0.871. The molecule has 0 aromatic carbocycles. The molecule has 2 heterocycles. The van der Waals surface area contributed by atoms with Gasteiger partial charge in [-0.3, -0.25) is 0 Å². The van der Waals surface area contributed by atoms with Crippen LogP contribution in [0.1, 0.15) is 26.5 Å². The first-order valence-electron chi connectivity index (χ1n) is 6.28. The molecule has 2 rings (SSSR count). The summed E-state index contributed by atoms with van der Waals surface area (Å²) in [6.07, 6.45) is 1.40. The molecule has 0 unspecified atom stereocenters. The third-order valence-electron chi connectivity index (χ3n) is 2.78. The molecule has 6 heteroatoms. The van der Waals surface area contributed by atoms with Crippen molar-refractivity contribution >= 4 is 22.0 Å². The van der Waals surface area contributed by atoms with Crippen LogP contribution < -0.4 is 5.32 Å². The van der Waals surface area contributed by atoms with Crippen molar-refractivity contribution in [3.05, 3.63) is 22.6 Å². The van der Waals surface area contributed by atoms with Gasteiger partial charge in [-0.15, -0.1) is 0 Å². The molecule has 1 aromatic rings. The van der Waals surface area contributed by atoms with E-state index >= 15 is 0 Å². The number of amides is 1. The number of nitrogens with zero attached hydrogens (tertiary/aromatic N) is 1. The first kappa shape index (κ1) is 14.4. The van der Waals surface area contributed by atoms with Gasteiger partial charge in [0.25, 0.3) is 0 Å². The normalized spacial score (nSPS) is 16.3. The van der Waals surface area contributed by atoms with Crippen molar-refractivity contribution in [1.29, 1.82) is 0 Å². The van der Waals surface area contributed by atoms with E-state index in [2.05, 4.69) is 21.2 Å². The van der Waals surface area contributed by atoms with Gasteiger partial charge in [0.1, 0.15) is 11.4 Å². The van der Waals surface area contributed by atoms with Crippen LogP contribution in [0, 0.1) is 0 Å². The highest BCUT2D eigenvalue weighted by Gasteiger charge is 2.33. The number of ether oxygens (including phenoxy) is 1. The van der Waals surface area contributed by atoms with Crippen LogP contribution in [0.25, 0.3) is 0 Å². The maximum Gasteiger partial charge on any atom is 0.410 e. The Hall–Kier alpha value is -1.01. The molecule has 5 nitrogen and oxygen atoms in total. The van der Waals surface area contributed by atoms with Gasteiger partial charge in [0.15, 0.2) is 0 Å². The van der Waals surface area contributed by atoms with Gasteiger partial charge in [-0.25, -0.2) is 4.79 Å². The molecular formula is C13H19BrN2O3. The third-order valence-corrected chi connectivity index (χ3v) is 3.48. The Morgan fingerprint density at radius 2 is 2.26 bits per heavy atom. The summed E-state index contributed by atoms with van der Waals surface area (Å²) in [7, 11) is 0. The number of furan rings is 1. The van der Waals surface area contributed by atoms with E-state index in [4.69, 9.17) is 9.15 Å². The van der Waals surface area contributed by atoms with Crippen molar-refractivity contribution in [3.63, 3.8) is 0 Å². The van der Waals surface area contributed by atoms with Gasteiger partial charge < -0.3 is 19.4 Å². The van der Waals surface area contributed by atoms with Crippen LogP contribution in [0.15, 0.2) is 21.2 Å². The van der Waals surface area contributed by atoms with Crippen LogP contribution in [0.4, 0.5) is 4.79 Å². The van der Waals surface area contributed by atoms with Crippen LogP contribution in [-0.4, -0.2) is 35.7 Å². The summed E-state index contributed by atoms with van der Waals surface area (Å²) in [6, 6.07) is 2.16. The van der Waals surface area contributed by atoms with Crippen molar-refractivity contribution in [3.8, 4) is 0 Å². The van der Waals surface area contributed by atoms with Crippen molar-refractivity contribution in [2.75, 3.05) is 13.1 Å². The highest BCUT2D eigenvalue weighted by molar-refractivity contribution is 9.10. The van der Waals surface area contributed by atoms with Crippen LogP contribution in [-0.2, 0) is 11.3 Å². The maximum absolute atomic E-state index is 11.7. The van der Waals surface area contributed by atoms with Gasteiger partial charge in [-0.2, -0.15) is 0 Å². The van der Waals surface area contributed by atoms with Gasteiger partial charge in [-0.1, -0.05) is 0 Å². The number of rotatable bonds is 3. The number of carbonyl (C=O) groups excluding carboxylic acids is 1. The zero-order valence-corrected chi connectivity index (χ0v) is 13.0. The van der Waals surface area contributed by atoms with E-state index in [-0.39, 0.29) is 6.09 Å². The molecule has 0 saturated carbocycles. The number of hydrogen-bond donors (Lipinski definition) is 1. The predicted molar refractivity (Wildman–Crippen MR) is 74.8 cm³/mol. The number of likely N-dealkylation sites (tertiary alicyclic amines) is 1. The molecule has 0 atom stereocenters. The largest absolute Gasteiger partial charge is 0.467 e. The highest BCUT2D eigenvalue weighted by Crippen LogP contribution is 2.19. The highest BCUT2D eigenvalue weighted by atomic mass is 79.9. The summed E-state index contributed by atoms with van der Waals surface area (Å²) in [6.45, 7) is 7.61. The molecule has 0 bridgehead atoms. The van der Waals surface area contributed by atoms with E-state index < -0.39 is 5.60 Å². The second-order valence-electron chi connectivity index (χ2n) is 5.65. The lowest BCUT2D eigenvalue weighted by Gasteiger charge is -2.40. The second-order valence-corrected chi connectivity index (χ2v) is 6.51. The Morgan fingerprint density at radius 1 is 1.58 bits per heavy atom. The van der Waals surface area contributed by atoms with E-state index in [1.54, 1.807) is 11.2 Å². The van der Waals surface area contributed by atoms with Crippen LogP contribution in [0.3, 0.4) is 0 Å². The molecule has 1 fully saturated rings. The molecule has 0 radical (unpaired) electrons. The first-order valence-corrected chi connectivity index (χ1v) is 7.07. The topological polar surface area (TPSA) is 54.7 Å². The predicted octanol–water partition coefficient (Wildman–Crippen LogP) is 2.75. The maximum atomic E-state index is 11.7. The average Bonchev–Trinajstić information content (AvgIpc) is 2.59. The van der Waals surface area contributed by atoms with Gasteiger partial charge in [0.05, 0.1) is 17.3 Å². The Morgan fingerprint density at radius 3 is 2.79 bits per heavy atom. The number of carbonyl (C=O) groups is 1. The lowest BCUT2D eigenvalue weighted by Crippen LogP contribution is -2.60. The molecule has 1 N–H and O–H groups in total. The molecule has 106 valence electrons. The minimum Gasteiger partial charge on any atom is -0.467 e. The molecule has 1 aromatic heterocycles. The van der Waals surface area contributed by atoms with E-state index in [1.165, 1.54) is 0 Å². The van der Waals surface area contributed by atoms with Crippen molar-refractivity contribution < 1.29 is 13.9 Å². The molecule has 0 aliphatic carbocycles. The second kappa shape index (κ2) is 5.54. The van der Waals surface area contributed by atoms with Crippen LogP contribution >= 0.6 is 15.9 Å². The number of hydrogen-bond acceptors (Lipinski definition) is 4. The van der Waals surface area contributed by atoms with Crippen molar-refractivity contribution in [1.82, 2.24) is 10.2 Å². The zero-order chi connectivity index (χ0) is 14.0. The summed E-state index contributed by atoms with van der Waals surface area (Å²) in [5, 5.41) is 3.34. The molecule has 1 saturated heterocycles. The van der Waals surface area contributed by atoms with Gasteiger partial charge >= 0.3 is 6.09 Å². The lowest BCUT2D eigenvalue weighted by molar-refractivity contribution is 0.00504. The first-order chi connectivity index (χ1) is 8.85. The van der Waals surface area contributed by atoms with E-state index in [9.17, 15) is 4.79 Å². The van der Waals surface area contributed by atoms with Gasteiger partial charge in [0, 0.05) is 19.1 Å². The molecule has 0 spiro atoms. The van der Waals surface area contributed by atoms with Gasteiger partial charge in [-0.05, 0) is 42.8 Å². The Balaban J connectivity index is 1.69. The molecule has 1 amide bonds. The number of nitrogens with one attached hydrogen (secondary N) is 1. The van der Waals surface area contributed by atoms with Gasteiger partial charge in [0.2, 0.25) is 0 Å². The number of halogens is 1. The minimum atomic E-state index is -0.436. The standard InChI is InChI=1S/C13H19BrN2O3/c1-13(2,3)19-12(17)16-7-9(8-16)15-6-11-10(14)4-5-18-11/h4-5,9,15H,6-8H2,1-3H3. The quantitative estimate of drug-likeness (QED) is 0.925. The Bertz CT molecular complexity index is 447. The smallest absolute Gasteiger partial charge is 0.410 e. The average molecular weight is 331 g/mol. The fourth-order valence-electron chi connectivity index (χ4n) is 1.77. The van der Waals surface area contributed by atoms with E-state index in [1.807, 2.05) is 26.8 Å². The fourth-order valence-corrected chi connectivity index (χ4v) is 2.11. The minimum absolute atomic E-state index is 0.246. The lowest BCUT2D eigenvalue weighted by atomic mass is 10.1. The fraction of sp³-hybridized carbons (Fsp3) is 0.615. The van der Waals surface area contributed by atoms with Crippen molar-refractivity contribution in [2.24, 2.45) is 0 Å². The molecule has 1 aliphatic rings. The summed E-state index contributed by atoms with van der Waals surface area (Å²) in [4.78, 5) is 13.4. The van der Waals surface area contributed by atoms with Crippen molar-refractivity contribution in [2.45, 2.75) is 39.0 Å². The Kier molecular flexibility index (Phi) is 4.20. The SMILES string of the molecule is CC(C)(C)OC(=O)N1CC(NCc2occc2Br)C1. The van der Waals surface area contributed by atoms with Crippen LogP contribution in [0.2, 0.25) is 0 Å². The van der Waals surface area contributed by atoms with E-state index in [0.717, 1.165) is 10.2 Å². The Labute approximate surface area is 121 Å². The third kappa shape index (κ3) is 3.98. The van der Waals surface area contributed by atoms with E-state index in [0.29, 0.717) is 25.7 Å². The summed E-state index contributed by atoms with van der Waals surface area (Å²) >= 11 is 3.41. The molecule has 1 aliphatic heterocycles. The summed E-state index contributed by atoms with van der Waals surface area (Å²) < 4.78 is 11.6. The molecule has 19 heavy (non-hydrogen) atoms. The monoisotopic (exact) mass is 330 g/mol. The van der Waals surface area contributed by atoms with Crippen LogP contribution in [0.5, 0.6) is 0 Å². The summed E-state index contributed by atoms with van der Waals surface area (Å²) in [5.41, 5.74) is -0.436. The molecular weight excluding hydrogens is 312 g/mol. The zero-order valence-electron chi connectivity index (χ0n) is 11.4.